The first-order valence-electron chi connectivity index (χ1n) is 8.33. The van der Waals surface area contributed by atoms with Crippen LogP contribution in [0.3, 0.4) is 0 Å². The van der Waals surface area contributed by atoms with Crippen LogP contribution in [0.5, 0.6) is 0 Å². The quantitative estimate of drug-likeness (QED) is 0.814. The van der Waals surface area contributed by atoms with Gasteiger partial charge in [0.1, 0.15) is 0 Å². The first-order chi connectivity index (χ1) is 11.3. The summed E-state index contributed by atoms with van der Waals surface area (Å²) in [5.74, 6) is -0.187. The fourth-order valence-corrected chi connectivity index (χ4v) is 3.64. The van der Waals surface area contributed by atoms with E-state index in [4.69, 9.17) is 0 Å². The van der Waals surface area contributed by atoms with Crippen LogP contribution in [0.4, 0.5) is 0 Å². The monoisotopic (exact) mass is 353 g/mol. The van der Waals surface area contributed by atoms with Crippen molar-refractivity contribution in [3.05, 3.63) is 29.8 Å². The Balaban J connectivity index is 1.97. The molecule has 0 unspecified atom stereocenters. The van der Waals surface area contributed by atoms with Crippen molar-refractivity contribution in [2.24, 2.45) is 0 Å². The number of amides is 1. The van der Waals surface area contributed by atoms with Crippen LogP contribution < -0.4 is 10.0 Å². The molecule has 1 aliphatic rings. The second-order valence-corrected chi connectivity index (χ2v) is 8.66. The van der Waals surface area contributed by atoms with E-state index in [1.54, 1.807) is 0 Å². The lowest BCUT2D eigenvalue weighted by atomic mass is 9.98. The van der Waals surface area contributed by atoms with Crippen molar-refractivity contribution >= 4 is 15.9 Å². The van der Waals surface area contributed by atoms with Gasteiger partial charge in [-0.25, -0.2) is 13.1 Å². The highest BCUT2D eigenvalue weighted by Gasteiger charge is 2.28. The number of benzene rings is 1. The standard InChI is InChI=1S/C17H27N3O3S/c1-17(2,20-11-5-4-6-12-20)13-19-16(21)14-7-9-15(10-8-14)24(22,23)18-3/h7-10,18H,4-6,11-13H2,1-3H3,(H,19,21). The molecule has 1 saturated heterocycles. The van der Waals surface area contributed by atoms with Gasteiger partial charge in [-0.3, -0.25) is 9.69 Å². The molecule has 1 heterocycles. The van der Waals surface area contributed by atoms with Gasteiger partial charge in [0.15, 0.2) is 0 Å². The third kappa shape index (κ3) is 4.55. The summed E-state index contributed by atoms with van der Waals surface area (Å²) in [7, 11) is -2.12. The molecule has 2 rings (SSSR count). The summed E-state index contributed by atoms with van der Waals surface area (Å²) in [6.45, 7) is 6.98. The van der Waals surface area contributed by atoms with Gasteiger partial charge < -0.3 is 5.32 Å². The van der Waals surface area contributed by atoms with E-state index in [0.29, 0.717) is 12.1 Å². The van der Waals surface area contributed by atoms with Gasteiger partial charge in [-0.05, 0) is 71.1 Å². The van der Waals surface area contributed by atoms with Crippen molar-refractivity contribution in [2.45, 2.75) is 43.5 Å². The maximum absolute atomic E-state index is 12.3. The van der Waals surface area contributed by atoms with E-state index in [1.807, 2.05) is 0 Å². The lowest BCUT2D eigenvalue weighted by molar-refractivity contribution is 0.0797. The Morgan fingerprint density at radius 1 is 1.12 bits per heavy atom. The number of hydrogen-bond acceptors (Lipinski definition) is 4. The van der Waals surface area contributed by atoms with Gasteiger partial charge in [-0.2, -0.15) is 0 Å². The van der Waals surface area contributed by atoms with E-state index in [1.165, 1.54) is 50.6 Å². The summed E-state index contributed by atoms with van der Waals surface area (Å²) in [6.07, 6.45) is 3.69. The van der Waals surface area contributed by atoms with E-state index in [2.05, 4.69) is 28.8 Å². The van der Waals surface area contributed by atoms with Gasteiger partial charge in [-0.15, -0.1) is 0 Å². The highest BCUT2D eigenvalue weighted by molar-refractivity contribution is 7.89. The minimum Gasteiger partial charge on any atom is -0.350 e. The molecule has 24 heavy (non-hydrogen) atoms. The number of nitrogens with one attached hydrogen (secondary N) is 2. The third-order valence-corrected chi connectivity index (χ3v) is 6.02. The molecule has 1 amide bonds. The van der Waals surface area contributed by atoms with Gasteiger partial charge in [0.2, 0.25) is 10.0 Å². The first-order valence-corrected chi connectivity index (χ1v) is 9.81. The fraction of sp³-hybridized carbons (Fsp3) is 0.588. The second-order valence-electron chi connectivity index (χ2n) is 6.77. The molecular weight excluding hydrogens is 326 g/mol. The zero-order valence-corrected chi connectivity index (χ0v) is 15.4. The summed E-state index contributed by atoms with van der Waals surface area (Å²) < 4.78 is 25.6. The van der Waals surface area contributed by atoms with Crippen LogP contribution in [0.25, 0.3) is 0 Å². The maximum atomic E-state index is 12.3. The average Bonchev–Trinajstić information content (AvgIpc) is 2.60. The largest absolute Gasteiger partial charge is 0.350 e. The molecule has 0 aromatic heterocycles. The van der Waals surface area contributed by atoms with Crippen molar-refractivity contribution < 1.29 is 13.2 Å². The van der Waals surface area contributed by atoms with Crippen LogP contribution in [-0.4, -0.2) is 51.4 Å². The van der Waals surface area contributed by atoms with E-state index < -0.39 is 10.0 Å². The summed E-state index contributed by atoms with van der Waals surface area (Å²) in [5, 5.41) is 2.96. The van der Waals surface area contributed by atoms with Crippen molar-refractivity contribution in [1.82, 2.24) is 14.9 Å². The van der Waals surface area contributed by atoms with Gasteiger partial charge in [-0.1, -0.05) is 6.42 Å². The average molecular weight is 353 g/mol. The Bertz CT molecular complexity index is 663. The Morgan fingerprint density at radius 3 is 2.25 bits per heavy atom. The van der Waals surface area contributed by atoms with Gasteiger partial charge >= 0.3 is 0 Å². The topological polar surface area (TPSA) is 78.5 Å². The molecule has 7 heteroatoms. The van der Waals surface area contributed by atoms with E-state index in [9.17, 15) is 13.2 Å². The molecule has 1 fully saturated rings. The zero-order chi connectivity index (χ0) is 17.8. The molecule has 134 valence electrons. The zero-order valence-electron chi connectivity index (χ0n) is 14.6. The lowest BCUT2D eigenvalue weighted by Gasteiger charge is -2.41. The molecule has 0 aliphatic carbocycles. The third-order valence-electron chi connectivity index (χ3n) is 4.59. The van der Waals surface area contributed by atoms with Crippen molar-refractivity contribution in [3.8, 4) is 0 Å². The molecule has 0 atom stereocenters. The summed E-state index contributed by atoms with van der Waals surface area (Å²) in [5.41, 5.74) is 0.366. The number of rotatable bonds is 6. The Labute approximate surface area is 144 Å². The number of sulfonamides is 1. The van der Waals surface area contributed by atoms with Crippen LogP contribution in [0.15, 0.2) is 29.2 Å². The Kier molecular flexibility index (Phi) is 6.01. The number of nitrogens with zero attached hydrogens (tertiary/aromatic N) is 1. The Hall–Kier alpha value is -1.44. The predicted octanol–water partition coefficient (Wildman–Crippen LogP) is 1.59. The number of carbonyl (C=O) groups is 1. The number of hydrogen-bond donors (Lipinski definition) is 2. The summed E-state index contributed by atoms with van der Waals surface area (Å²) >= 11 is 0. The normalized spacial score (nSPS) is 16.8. The van der Waals surface area contributed by atoms with Gasteiger partial charge in [0.05, 0.1) is 4.90 Å². The molecule has 2 N–H and O–H groups in total. The second kappa shape index (κ2) is 7.63. The smallest absolute Gasteiger partial charge is 0.251 e. The minimum atomic E-state index is -3.48. The van der Waals surface area contributed by atoms with Gasteiger partial charge in [0, 0.05) is 17.6 Å². The van der Waals surface area contributed by atoms with Gasteiger partial charge in [0.25, 0.3) is 5.91 Å². The number of piperidine rings is 1. The van der Waals surface area contributed by atoms with E-state index >= 15 is 0 Å². The summed E-state index contributed by atoms with van der Waals surface area (Å²) in [6, 6.07) is 5.95. The maximum Gasteiger partial charge on any atom is 0.251 e. The predicted molar refractivity (Wildman–Crippen MR) is 94.5 cm³/mol. The van der Waals surface area contributed by atoms with Crippen LogP contribution >= 0.6 is 0 Å². The highest BCUT2D eigenvalue weighted by Crippen LogP contribution is 2.20. The molecular formula is C17H27N3O3S. The molecule has 0 radical (unpaired) electrons. The van der Waals surface area contributed by atoms with Crippen LogP contribution in [0.2, 0.25) is 0 Å². The number of carbonyl (C=O) groups excluding carboxylic acids is 1. The van der Waals surface area contributed by atoms with Crippen molar-refractivity contribution in [2.75, 3.05) is 26.7 Å². The highest BCUT2D eigenvalue weighted by atomic mass is 32.2. The molecule has 6 nitrogen and oxygen atoms in total. The summed E-state index contributed by atoms with van der Waals surface area (Å²) in [4.78, 5) is 14.9. The molecule has 0 saturated carbocycles. The Morgan fingerprint density at radius 2 is 1.71 bits per heavy atom. The van der Waals surface area contributed by atoms with Crippen molar-refractivity contribution in [1.29, 1.82) is 0 Å². The van der Waals surface area contributed by atoms with E-state index in [-0.39, 0.29) is 16.3 Å². The lowest BCUT2D eigenvalue weighted by Crippen LogP contribution is -2.53. The molecule has 1 aromatic carbocycles. The first kappa shape index (κ1) is 18.9. The van der Waals surface area contributed by atoms with E-state index in [0.717, 1.165) is 13.1 Å². The van der Waals surface area contributed by atoms with Crippen molar-refractivity contribution in [3.63, 3.8) is 0 Å². The number of likely N-dealkylation sites (tertiary alicyclic amines) is 1. The van der Waals surface area contributed by atoms with Crippen LogP contribution in [0.1, 0.15) is 43.5 Å². The SMILES string of the molecule is CNS(=O)(=O)c1ccc(C(=O)NCC(C)(C)N2CCCCC2)cc1. The van der Waals surface area contributed by atoms with Crippen LogP contribution in [-0.2, 0) is 10.0 Å². The molecule has 0 bridgehead atoms. The fourth-order valence-electron chi connectivity index (χ4n) is 2.91. The molecule has 1 aliphatic heterocycles. The minimum absolute atomic E-state index is 0.0918. The molecule has 0 spiro atoms. The molecule has 1 aromatic rings. The van der Waals surface area contributed by atoms with Crippen LogP contribution in [0, 0.1) is 0 Å².